The highest BCUT2D eigenvalue weighted by Crippen LogP contribution is 2.12. The van der Waals surface area contributed by atoms with Gasteiger partial charge in [-0.1, -0.05) is 301 Å². The van der Waals surface area contributed by atoms with E-state index < -0.39 is 6.10 Å². The van der Waals surface area contributed by atoms with Gasteiger partial charge in [-0.25, -0.2) is 0 Å². The normalized spacial score (nSPS) is 13.9. The molecule has 1 N–H and O–H groups in total. The van der Waals surface area contributed by atoms with E-state index in [1.54, 1.807) is 0 Å². The third kappa shape index (κ3) is 71.9. The molecule has 0 spiro atoms. The van der Waals surface area contributed by atoms with Crippen molar-refractivity contribution in [2.75, 3.05) is 13.2 Å². The smallest absolute Gasteiger partial charge is 0.306 e. The lowest BCUT2D eigenvalue weighted by atomic mass is 10.1. The Morgan fingerprint density at radius 2 is 0.455 bits per heavy atom. The first-order valence-corrected chi connectivity index (χ1v) is 34.2. The summed E-state index contributed by atoms with van der Waals surface area (Å²) >= 11 is 0. The van der Waals surface area contributed by atoms with Gasteiger partial charge in [0, 0.05) is 12.8 Å². The van der Waals surface area contributed by atoms with Gasteiger partial charge in [-0.15, -0.1) is 0 Å². The predicted octanol–water partition coefficient (Wildman–Crippen LogP) is 24.4. The van der Waals surface area contributed by atoms with Crippen LogP contribution in [0.5, 0.6) is 0 Å². The Labute approximate surface area is 540 Å². The topological polar surface area (TPSA) is 72.8 Å². The van der Waals surface area contributed by atoms with Gasteiger partial charge in [0.1, 0.15) is 6.61 Å². The Bertz CT molecular complexity index is 2240. The average Bonchev–Trinajstić information content (AvgIpc) is 3.56. The van der Waals surface area contributed by atoms with E-state index >= 15 is 0 Å². The molecule has 0 saturated carbocycles. The fourth-order valence-electron chi connectivity index (χ4n) is 8.29. The minimum atomic E-state index is -0.819. The molecule has 88 heavy (non-hydrogen) atoms. The number of carbonyl (C=O) groups is 2. The average molecular weight is 1200 g/mol. The molecular weight excluding hydrogens is 1080 g/mol. The number of hydrogen-bond acceptors (Lipinski definition) is 5. The summed E-state index contributed by atoms with van der Waals surface area (Å²) in [7, 11) is 0. The summed E-state index contributed by atoms with van der Waals surface area (Å²) in [6.45, 7) is 3.85. The quantitative estimate of drug-likeness (QED) is 0.0373. The van der Waals surface area contributed by atoms with Gasteiger partial charge in [0.05, 0.1) is 6.61 Å². The van der Waals surface area contributed by atoms with Gasteiger partial charge in [0.25, 0.3) is 0 Å². The lowest BCUT2D eigenvalue weighted by molar-refractivity contribution is -0.161. The molecule has 0 bridgehead atoms. The predicted molar refractivity (Wildman–Crippen MR) is 388 cm³/mol. The summed E-state index contributed by atoms with van der Waals surface area (Å²) in [6, 6.07) is 0. The SMILES string of the molecule is CC/C=C\C/C=C\C/C=C\C/C=C\C/C=C\C/C=C\C/C=C\C/C=C\C/C=C\C/C=C\C/C=C\CCCCCCCCCC(=O)OC(CO)COC(=O)CCCC/C=C\C/C=C\C/C=C\C/C=C\C/C=C\C/C=C\C/C=C\C/C=C\C/C=C\C/C=C\CC. The van der Waals surface area contributed by atoms with E-state index in [4.69, 9.17) is 9.47 Å². The number of carbonyl (C=O) groups excluding carboxylic acids is 2. The number of hydrogen-bond donors (Lipinski definition) is 1. The molecule has 0 saturated heterocycles. The van der Waals surface area contributed by atoms with Gasteiger partial charge in [-0.05, 0) is 173 Å². The molecule has 484 valence electrons. The maximum Gasteiger partial charge on any atom is 0.306 e. The van der Waals surface area contributed by atoms with Crippen molar-refractivity contribution < 1.29 is 24.2 Å². The van der Waals surface area contributed by atoms with Gasteiger partial charge in [-0.2, -0.15) is 0 Å². The van der Waals surface area contributed by atoms with E-state index in [9.17, 15) is 14.7 Å². The van der Waals surface area contributed by atoms with Gasteiger partial charge >= 0.3 is 11.9 Å². The molecule has 1 atom stereocenters. The van der Waals surface area contributed by atoms with E-state index in [0.29, 0.717) is 12.8 Å². The molecule has 0 aromatic rings. The van der Waals surface area contributed by atoms with Crippen LogP contribution in [0, 0.1) is 0 Å². The fourth-order valence-corrected chi connectivity index (χ4v) is 8.29. The highest BCUT2D eigenvalue weighted by Gasteiger charge is 2.16. The van der Waals surface area contributed by atoms with Gasteiger partial charge in [0.2, 0.25) is 0 Å². The number of esters is 2. The highest BCUT2D eigenvalue weighted by atomic mass is 16.6. The minimum Gasteiger partial charge on any atom is -0.462 e. The largest absolute Gasteiger partial charge is 0.462 e. The van der Waals surface area contributed by atoms with E-state index in [2.05, 4.69) is 269 Å². The molecule has 5 heteroatoms. The Balaban J connectivity index is 3.72. The van der Waals surface area contributed by atoms with E-state index in [1.165, 1.54) is 25.7 Å². The van der Waals surface area contributed by atoms with Crippen LogP contribution < -0.4 is 0 Å². The Morgan fingerprint density at radius 3 is 0.705 bits per heavy atom. The van der Waals surface area contributed by atoms with Crippen molar-refractivity contribution in [1.82, 2.24) is 0 Å². The zero-order chi connectivity index (χ0) is 63.3. The Kier molecular flexibility index (Phi) is 69.1. The van der Waals surface area contributed by atoms with Crippen molar-refractivity contribution in [3.05, 3.63) is 255 Å². The van der Waals surface area contributed by atoms with Crippen LogP contribution in [0.2, 0.25) is 0 Å². The first-order chi connectivity index (χ1) is 43.6. The molecule has 0 aromatic heterocycles. The van der Waals surface area contributed by atoms with E-state index in [0.717, 1.165) is 180 Å². The van der Waals surface area contributed by atoms with Crippen LogP contribution in [0.4, 0.5) is 0 Å². The van der Waals surface area contributed by atoms with E-state index in [-0.39, 0.29) is 25.2 Å². The highest BCUT2D eigenvalue weighted by molar-refractivity contribution is 5.70. The minimum absolute atomic E-state index is 0.112. The number of aliphatic hydroxyl groups excluding tert-OH is 1. The second kappa shape index (κ2) is 74.7. The van der Waals surface area contributed by atoms with Gasteiger partial charge in [0.15, 0.2) is 6.10 Å². The second-order valence-electron chi connectivity index (χ2n) is 21.4. The molecule has 0 radical (unpaired) electrons. The molecule has 0 heterocycles. The van der Waals surface area contributed by atoms with Crippen molar-refractivity contribution >= 4 is 11.9 Å². The zero-order valence-electron chi connectivity index (χ0n) is 55.4. The molecule has 0 amide bonds. The number of ether oxygens (including phenoxy) is 2. The maximum atomic E-state index is 12.4. The molecule has 5 nitrogen and oxygen atoms in total. The summed E-state index contributed by atoms with van der Waals surface area (Å²) in [6.07, 6.45) is 125. The molecule has 1 unspecified atom stereocenters. The fraction of sp³-hybridized carbons (Fsp3) is 0.470. The molecule has 0 rings (SSSR count). The van der Waals surface area contributed by atoms with E-state index in [1.807, 2.05) is 0 Å². The van der Waals surface area contributed by atoms with Crippen molar-refractivity contribution in [1.29, 1.82) is 0 Å². The third-order valence-electron chi connectivity index (χ3n) is 13.3. The van der Waals surface area contributed by atoms with Gasteiger partial charge < -0.3 is 14.6 Å². The zero-order valence-corrected chi connectivity index (χ0v) is 55.4. The summed E-state index contributed by atoms with van der Waals surface area (Å²) < 4.78 is 10.7. The second-order valence-corrected chi connectivity index (χ2v) is 21.4. The van der Waals surface area contributed by atoms with Crippen LogP contribution >= 0.6 is 0 Å². The van der Waals surface area contributed by atoms with Crippen LogP contribution in [-0.2, 0) is 19.1 Å². The number of aliphatic hydroxyl groups is 1. The van der Waals surface area contributed by atoms with Crippen LogP contribution in [-0.4, -0.2) is 36.4 Å². The molecule has 0 fully saturated rings. The first-order valence-electron chi connectivity index (χ1n) is 34.2. The third-order valence-corrected chi connectivity index (χ3v) is 13.3. The van der Waals surface area contributed by atoms with Crippen molar-refractivity contribution in [2.45, 2.75) is 238 Å². The number of allylic oxidation sites excluding steroid dienone is 42. The molecule has 0 aliphatic carbocycles. The molecule has 0 aromatic carbocycles. The summed E-state index contributed by atoms with van der Waals surface area (Å²) in [4.78, 5) is 24.6. The lowest BCUT2D eigenvalue weighted by Gasteiger charge is -2.15. The number of rotatable bonds is 59. The van der Waals surface area contributed by atoms with Crippen molar-refractivity contribution in [3.63, 3.8) is 0 Å². The molecule has 0 aliphatic rings. The summed E-state index contributed by atoms with van der Waals surface area (Å²) in [5.41, 5.74) is 0. The summed E-state index contributed by atoms with van der Waals surface area (Å²) in [5, 5.41) is 9.69. The Morgan fingerprint density at radius 1 is 0.261 bits per heavy atom. The van der Waals surface area contributed by atoms with Gasteiger partial charge in [-0.3, -0.25) is 9.59 Å². The van der Waals surface area contributed by atoms with Crippen LogP contribution in [0.1, 0.15) is 232 Å². The standard InChI is InChI=1S/C83H122O5/c1-3-5-7-9-11-13-15-17-19-21-23-25-27-29-31-33-35-37-38-39-40-41-42-43-44-46-48-50-52-54-56-58-60-62-64-66-68-70-72-74-76-78-83(86)88-81(79-84)80-87-82(85)77-75-73-71-69-67-65-63-61-59-57-55-53-51-49-47-45-36-34-32-30-28-26-24-22-20-18-16-14-12-10-8-6-4-2/h5-8,11-14,17-20,23-26,29-32,35-37,39-40,42-43,45-46,48-49,51-52,54-55,57-58,60-61,63,67,69,81,84H,3-4,9-10,15-16,21-22,27-28,33-34,38,41,44,47,50,53,56,59,62,64-66,68,70-80H2,1-2H3/b7-5-,8-6-,13-11-,14-12-,19-17-,20-18-,25-23-,26-24-,31-29-,32-30-,37-35-,40-39-,43-42-,45-36-,48-46-,51-49-,54-52-,57-55-,60-58-,63-61-,69-67-. The number of unbranched alkanes of at least 4 members (excludes halogenated alkanes) is 9. The molecule has 0 aliphatic heterocycles. The Hall–Kier alpha value is -6.56. The lowest BCUT2D eigenvalue weighted by Crippen LogP contribution is -2.28. The molecular formula is C83H122O5. The maximum absolute atomic E-state index is 12.4. The first kappa shape index (κ1) is 81.4. The van der Waals surface area contributed by atoms with Crippen LogP contribution in [0.25, 0.3) is 0 Å². The van der Waals surface area contributed by atoms with Crippen LogP contribution in [0.15, 0.2) is 255 Å². The van der Waals surface area contributed by atoms with Crippen molar-refractivity contribution in [3.8, 4) is 0 Å². The van der Waals surface area contributed by atoms with Crippen molar-refractivity contribution in [2.24, 2.45) is 0 Å². The monoisotopic (exact) mass is 1200 g/mol. The van der Waals surface area contributed by atoms with Crippen LogP contribution in [0.3, 0.4) is 0 Å². The summed E-state index contributed by atoms with van der Waals surface area (Å²) in [5.74, 6) is -0.676.